The van der Waals surface area contributed by atoms with Gasteiger partial charge in [-0.1, -0.05) is 0 Å². The van der Waals surface area contributed by atoms with E-state index in [4.69, 9.17) is 5.53 Å². The molecular weight excluding hydrogens is 213 g/mol. The van der Waals surface area contributed by atoms with Crippen molar-refractivity contribution in [2.75, 3.05) is 7.11 Å². The summed E-state index contributed by atoms with van der Waals surface area (Å²) in [5, 5.41) is 0. The number of carbonyl (C=O) groups excluding carboxylic acids is 2. The summed E-state index contributed by atoms with van der Waals surface area (Å²) in [5.74, 6) is -1.01. The van der Waals surface area contributed by atoms with Crippen LogP contribution >= 0.6 is 0 Å². The molecule has 0 bridgehead atoms. The number of nitrogens with zero attached hydrogens (tertiary/aromatic N) is 2. The number of carbonyl (C=O) groups is 1. The van der Waals surface area contributed by atoms with Crippen LogP contribution in [0.3, 0.4) is 0 Å². The zero-order valence-electron chi connectivity index (χ0n) is 5.20. The van der Waals surface area contributed by atoms with Crippen molar-refractivity contribution in [3.63, 3.8) is 0 Å². The van der Waals surface area contributed by atoms with Crippen LogP contribution in [0.1, 0.15) is 0 Å². The van der Waals surface area contributed by atoms with Crippen LogP contribution in [0.25, 0.3) is 5.53 Å². The van der Waals surface area contributed by atoms with Crippen molar-refractivity contribution in [3.8, 4) is 0 Å². The average Bonchev–Trinajstić information content (AvgIpc) is 1.90. The molecule has 0 amide bonds. The standard InChI is InChI=1S/C4H3N2O3.Y/c1-9-4(8)3(2-7)6-5;/h1H3;/q-1;. The van der Waals surface area contributed by atoms with Crippen LogP contribution in [0, 0.1) is 0 Å². The van der Waals surface area contributed by atoms with E-state index in [0.717, 1.165) is 13.4 Å². The van der Waals surface area contributed by atoms with E-state index < -0.39 is 11.7 Å². The Morgan fingerprint density at radius 3 is 2.30 bits per heavy atom. The van der Waals surface area contributed by atoms with E-state index in [2.05, 4.69) is 9.53 Å². The van der Waals surface area contributed by atoms with Gasteiger partial charge in [0.15, 0.2) is 0 Å². The topological polar surface area (TPSA) is 79.8 Å². The molecule has 0 rings (SSSR count). The van der Waals surface area contributed by atoms with Crippen LogP contribution in [0.4, 0.5) is 0 Å². The summed E-state index contributed by atoms with van der Waals surface area (Å²) in [4.78, 5) is 22.1. The van der Waals surface area contributed by atoms with Gasteiger partial charge in [0, 0.05) is 32.7 Å². The van der Waals surface area contributed by atoms with Gasteiger partial charge in [-0.15, -0.1) is 0 Å². The molecule has 0 aromatic heterocycles. The third-order valence-electron chi connectivity index (χ3n) is 0.575. The Hall–Kier alpha value is -0.376. The van der Waals surface area contributed by atoms with Crippen molar-refractivity contribution in [2.45, 2.75) is 0 Å². The van der Waals surface area contributed by atoms with Crippen molar-refractivity contribution >= 4 is 18.0 Å². The van der Waals surface area contributed by atoms with Gasteiger partial charge in [0.25, 0.3) is 11.7 Å². The second kappa shape index (κ2) is 6.74. The molecule has 0 aliphatic rings. The first-order chi connectivity index (χ1) is 4.26. The van der Waals surface area contributed by atoms with Gasteiger partial charge in [0.05, 0.1) is 13.4 Å². The predicted molar refractivity (Wildman–Crippen MR) is 26.3 cm³/mol. The van der Waals surface area contributed by atoms with Crippen LogP contribution in [-0.2, 0) is 47.0 Å². The first-order valence-electron chi connectivity index (χ1n) is 1.94. The molecule has 0 N–H and O–H groups in total. The maximum absolute atomic E-state index is 10.2. The van der Waals surface area contributed by atoms with Crippen molar-refractivity contribution in [1.82, 2.24) is 0 Å². The molecule has 0 unspecified atom stereocenters. The van der Waals surface area contributed by atoms with Crippen LogP contribution in [0.2, 0.25) is 0 Å². The monoisotopic (exact) mass is 216 g/mol. The molecule has 0 aliphatic heterocycles. The molecule has 0 aromatic rings. The quantitative estimate of drug-likeness (QED) is 0.147. The van der Waals surface area contributed by atoms with Crippen molar-refractivity contribution in [3.05, 3.63) is 5.53 Å². The van der Waals surface area contributed by atoms with E-state index in [-0.39, 0.29) is 32.7 Å². The SMILES string of the molecule is COC(=O)C([C-]=O)=[N+]=[N-].[Y]. The fourth-order valence-corrected chi connectivity index (χ4v) is 0.200. The molecule has 0 spiro atoms. The van der Waals surface area contributed by atoms with Crippen LogP contribution in [0.15, 0.2) is 0 Å². The molecule has 1 radical (unpaired) electrons. The van der Waals surface area contributed by atoms with E-state index in [9.17, 15) is 9.59 Å². The largest absolute Gasteiger partial charge is 0.545 e. The minimum Gasteiger partial charge on any atom is -0.545 e. The van der Waals surface area contributed by atoms with Gasteiger partial charge >= 0.3 is 0 Å². The molecule has 0 atom stereocenters. The van der Waals surface area contributed by atoms with Crippen LogP contribution < -0.4 is 0 Å². The van der Waals surface area contributed by atoms with Gasteiger partial charge in [-0.3, -0.25) is 0 Å². The Kier molecular flexibility index (Phi) is 8.30. The summed E-state index contributed by atoms with van der Waals surface area (Å²) in [5.41, 5.74) is 7.09. The summed E-state index contributed by atoms with van der Waals surface area (Å²) in [6.07, 6.45) is 1.08. The Labute approximate surface area is 82.2 Å². The van der Waals surface area contributed by atoms with Gasteiger partial charge < -0.3 is 19.9 Å². The molecule has 0 saturated heterocycles. The minimum absolute atomic E-state index is 0. The Morgan fingerprint density at radius 1 is 1.70 bits per heavy atom. The average molecular weight is 216 g/mol. The van der Waals surface area contributed by atoms with E-state index >= 15 is 0 Å². The smallest absolute Gasteiger partial charge is 0.275 e. The van der Waals surface area contributed by atoms with Gasteiger partial charge in [0.1, 0.15) is 0 Å². The maximum Gasteiger partial charge on any atom is 0.275 e. The van der Waals surface area contributed by atoms with Gasteiger partial charge in [-0.25, -0.2) is 0 Å². The molecule has 0 aliphatic carbocycles. The molecule has 0 heterocycles. The van der Waals surface area contributed by atoms with Gasteiger partial charge in [-0.05, 0) is 0 Å². The second-order valence-corrected chi connectivity index (χ2v) is 1.04. The van der Waals surface area contributed by atoms with Gasteiger partial charge in [0.2, 0.25) is 0 Å². The van der Waals surface area contributed by atoms with E-state index in [0.29, 0.717) is 0 Å². The number of esters is 1. The normalized spacial score (nSPS) is 6.50. The summed E-state index contributed by atoms with van der Waals surface area (Å²) in [6, 6.07) is 0. The molecule has 10 heavy (non-hydrogen) atoms. The summed E-state index contributed by atoms with van der Waals surface area (Å²) in [7, 11) is 1.06. The number of hydrogen-bond donors (Lipinski definition) is 0. The summed E-state index contributed by atoms with van der Waals surface area (Å²) >= 11 is 0. The molecule has 0 saturated carbocycles. The van der Waals surface area contributed by atoms with Gasteiger partial charge in [-0.2, -0.15) is 4.79 Å². The Bertz CT molecular complexity index is 185. The Balaban J connectivity index is 0. The first-order valence-corrected chi connectivity index (χ1v) is 1.94. The number of ether oxygens (including phenoxy) is 1. The zero-order valence-corrected chi connectivity index (χ0v) is 8.03. The second-order valence-electron chi connectivity index (χ2n) is 1.04. The molecule has 6 heteroatoms. The van der Waals surface area contributed by atoms with E-state index in [1.54, 1.807) is 0 Å². The zero-order chi connectivity index (χ0) is 7.28. The summed E-state index contributed by atoms with van der Waals surface area (Å²) in [6.45, 7) is 0. The Morgan fingerprint density at radius 2 is 2.20 bits per heavy atom. The van der Waals surface area contributed by atoms with E-state index in [1.165, 1.54) is 0 Å². The predicted octanol–water partition coefficient (Wildman–Crippen LogP) is -1.06. The van der Waals surface area contributed by atoms with Crippen LogP contribution in [-0.4, -0.2) is 29.9 Å². The van der Waals surface area contributed by atoms with E-state index in [1.807, 2.05) is 0 Å². The van der Waals surface area contributed by atoms with Crippen molar-refractivity contribution < 1.29 is 51.8 Å². The van der Waals surface area contributed by atoms with Crippen LogP contribution in [0.5, 0.6) is 0 Å². The third kappa shape index (κ3) is 3.61. The third-order valence-corrected chi connectivity index (χ3v) is 0.575. The number of methoxy groups -OCH3 is 1. The molecule has 0 aromatic carbocycles. The minimum atomic E-state index is -1.01. The fourth-order valence-electron chi connectivity index (χ4n) is 0.200. The maximum atomic E-state index is 10.2. The number of rotatable bonds is 2. The molecule has 5 nitrogen and oxygen atoms in total. The molecule has 0 fully saturated rings. The first kappa shape index (κ1) is 12.3. The molecule has 51 valence electrons. The van der Waals surface area contributed by atoms with Crippen molar-refractivity contribution in [1.29, 1.82) is 0 Å². The number of hydrogen-bond acceptors (Lipinski definition) is 3. The molecular formula is C4H3N2O3Y-. The fraction of sp³-hybridized carbons (Fsp3) is 0.250. The van der Waals surface area contributed by atoms with Crippen molar-refractivity contribution in [2.24, 2.45) is 0 Å². The summed E-state index contributed by atoms with van der Waals surface area (Å²) < 4.78 is 4.00.